The Hall–Kier alpha value is -1.74. The van der Waals surface area contributed by atoms with Crippen molar-refractivity contribution in [2.24, 2.45) is 5.92 Å². The number of hydrogen-bond donors (Lipinski definition) is 2. The molecule has 2 atom stereocenters. The number of amides is 2. The topological polar surface area (TPSA) is 105 Å². The average Bonchev–Trinajstić information content (AvgIpc) is 2.97. The summed E-state index contributed by atoms with van der Waals surface area (Å²) in [6, 6.07) is -0.869. The van der Waals surface area contributed by atoms with E-state index in [4.69, 9.17) is 9.84 Å². The molecule has 18 heavy (non-hydrogen) atoms. The molecular formula is C9H12N4O4S. The maximum Gasteiger partial charge on any atom is 0.322 e. The number of anilines is 1. The van der Waals surface area contributed by atoms with E-state index in [2.05, 4.69) is 14.9 Å². The molecular weight excluding hydrogens is 260 g/mol. The predicted octanol–water partition coefficient (Wildman–Crippen LogP) is 0.101. The molecule has 1 aromatic rings. The zero-order valence-corrected chi connectivity index (χ0v) is 10.4. The van der Waals surface area contributed by atoms with E-state index in [0.29, 0.717) is 5.00 Å². The molecule has 9 heteroatoms. The molecule has 1 aliphatic heterocycles. The summed E-state index contributed by atoms with van der Waals surface area (Å²) in [5.74, 6) is -1.66. The second-order valence-corrected chi connectivity index (χ2v) is 4.66. The zero-order valence-electron chi connectivity index (χ0n) is 9.57. The van der Waals surface area contributed by atoms with Crippen LogP contribution >= 0.6 is 11.5 Å². The van der Waals surface area contributed by atoms with Crippen LogP contribution in [0.5, 0.6) is 0 Å². The molecule has 0 aliphatic carbocycles. The van der Waals surface area contributed by atoms with Gasteiger partial charge in [-0.2, -0.15) is 0 Å². The fourth-order valence-corrected chi connectivity index (χ4v) is 2.14. The first-order valence-corrected chi connectivity index (χ1v) is 5.98. The third-order valence-corrected chi connectivity index (χ3v) is 3.36. The van der Waals surface area contributed by atoms with E-state index in [9.17, 15) is 9.59 Å². The molecule has 0 bridgehead atoms. The summed E-state index contributed by atoms with van der Waals surface area (Å²) in [6.45, 7) is 0.349. The van der Waals surface area contributed by atoms with Gasteiger partial charge in [0, 0.05) is 18.6 Å². The number of carbonyl (C=O) groups excluding carboxylic acids is 1. The minimum Gasteiger partial charge on any atom is -0.481 e. The van der Waals surface area contributed by atoms with E-state index in [1.807, 2.05) is 0 Å². The van der Waals surface area contributed by atoms with Gasteiger partial charge in [0.1, 0.15) is 10.9 Å². The van der Waals surface area contributed by atoms with Crippen molar-refractivity contribution in [1.82, 2.24) is 14.5 Å². The van der Waals surface area contributed by atoms with Crippen LogP contribution in [0.4, 0.5) is 9.80 Å². The van der Waals surface area contributed by atoms with Crippen LogP contribution in [0, 0.1) is 5.92 Å². The lowest BCUT2D eigenvalue weighted by atomic mass is 10.0. The number of ether oxygens (including phenoxy) is 1. The van der Waals surface area contributed by atoms with Crippen LogP contribution in [0.1, 0.15) is 0 Å². The fourth-order valence-electron chi connectivity index (χ4n) is 1.73. The largest absolute Gasteiger partial charge is 0.481 e. The molecule has 2 heterocycles. The molecule has 1 saturated heterocycles. The standard InChI is InChI=1S/C9H12N4O4S/c1-13(6-4-17-3-5(6)8(14)15)9(16)11-7-2-10-12-18-7/h2,5-6H,3-4H2,1H3,(H,11,16)(H,14,15). The van der Waals surface area contributed by atoms with Crippen molar-refractivity contribution < 1.29 is 19.4 Å². The number of aliphatic carboxylic acids is 1. The minimum atomic E-state index is -0.961. The third-order valence-electron chi connectivity index (χ3n) is 2.78. The monoisotopic (exact) mass is 272 g/mol. The van der Waals surface area contributed by atoms with Gasteiger partial charge in [-0.3, -0.25) is 10.1 Å². The Kier molecular flexibility index (Phi) is 3.72. The number of carboxylic acid groups (broad SMARTS) is 1. The Morgan fingerprint density at radius 3 is 3.00 bits per heavy atom. The maximum absolute atomic E-state index is 11.9. The molecule has 2 amide bonds. The van der Waals surface area contributed by atoms with Crippen LogP contribution < -0.4 is 5.32 Å². The predicted molar refractivity (Wildman–Crippen MR) is 62.4 cm³/mol. The second-order valence-electron chi connectivity index (χ2n) is 3.87. The van der Waals surface area contributed by atoms with Gasteiger partial charge in [0.05, 0.1) is 25.5 Å². The lowest BCUT2D eigenvalue weighted by molar-refractivity contribution is -0.142. The first-order valence-electron chi connectivity index (χ1n) is 5.21. The number of carbonyl (C=O) groups is 2. The molecule has 0 saturated carbocycles. The number of carboxylic acids is 1. The van der Waals surface area contributed by atoms with Crippen molar-refractivity contribution in [3.8, 4) is 0 Å². The quantitative estimate of drug-likeness (QED) is 0.808. The summed E-state index contributed by atoms with van der Waals surface area (Å²) in [5.41, 5.74) is 0. The molecule has 2 N–H and O–H groups in total. The number of hydrogen-bond acceptors (Lipinski definition) is 6. The molecule has 1 aliphatic rings. The molecule has 0 spiro atoms. The SMILES string of the molecule is CN(C(=O)Nc1cnns1)C1COCC1C(=O)O. The summed E-state index contributed by atoms with van der Waals surface area (Å²) in [4.78, 5) is 24.2. The van der Waals surface area contributed by atoms with Crippen molar-refractivity contribution >= 4 is 28.5 Å². The molecule has 1 aromatic heterocycles. The van der Waals surface area contributed by atoms with Gasteiger partial charge >= 0.3 is 12.0 Å². The normalized spacial score (nSPS) is 22.7. The number of nitrogens with zero attached hydrogens (tertiary/aromatic N) is 3. The first-order chi connectivity index (χ1) is 8.59. The van der Waals surface area contributed by atoms with Crippen LogP contribution in [-0.2, 0) is 9.53 Å². The van der Waals surface area contributed by atoms with Crippen molar-refractivity contribution in [3.05, 3.63) is 6.20 Å². The molecule has 0 radical (unpaired) electrons. The van der Waals surface area contributed by atoms with Gasteiger partial charge in [-0.15, -0.1) is 5.10 Å². The highest BCUT2D eigenvalue weighted by Crippen LogP contribution is 2.20. The molecule has 1 fully saturated rings. The van der Waals surface area contributed by atoms with Crippen LogP contribution in [0.3, 0.4) is 0 Å². The van der Waals surface area contributed by atoms with E-state index in [-0.39, 0.29) is 13.2 Å². The van der Waals surface area contributed by atoms with Crippen LogP contribution in [-0.4, -0.2) is 57.9 Å². The highest BCUT2D eigenvalue weighted by atomic mass is 32.1. The van der Waals surface area contributed by atoms with Crippen LogP contribution in [0.15, 0.2) is 6.20 Å². The van der Waals surface area contributed by atoms with E-state index in [1.54, 1.807) is 7.05 Å². The lowest BCUT2D eigenvalue weighted by Gasteiger charge is -2.25. The summed E-state index contributed by atoms with van der Waals surface area (Å²) >= 11 is 1.05. The number of nitrogens with one attached hydrogen (secondary N) is 1. The van der Waals surface area contributed by atoms with Gasteiger partial charge in [0.25, 0.3) is 0 Å². The van der Waals surface area contributed by atoms with Crippen molar-refractivity contribution in [1.29, 1.82) is 0 Å². The average molecular weight is 272 g/mol. The molecule has 2 rings (SSSR count). The Morgan fingerprint density at radius 2 is 2.39 bits per heavy atom. The number of aromatic nitrogens is 2. The Balaban J connectivity index is 1.99. The minimum absolute atomic E-state index is 0.125. The summed E-state index contributed by atoms with van der Waals surface area (Å²) < 4.78 is 8.73. The van der Waals surface area contributed by atoms with E-state index in [1.165, 1.54) is 11.1 Å². The summed E-state index contributed by atoms with van der Waals surface area (Å²) in [7, 11) is 1.54. The van der Waals surface area contributed by atoms with Crippen molar-refractivity contribution in [2.75, 3.05) is 25.6 Å². The maximum atomic E-state index is 11.9. The highest BCUT2D eigenvalue weighted by molar-refractivity contribution is 7.10. The molecule has 0 aromatic carbocycles. The van der Waals surface area contributed by atoms with Gasteiger partial charge < -0.3 is 14.7 Å². The Labute approximate surface area is 107 Å². The zero-order chi connectivity index (χ0) is 13.1. The Morgan fingerprint density at radius 1 is 1.61 bits per heavy atom. The molecule has 98 valence electrons. The highest BCUT2D eigenvalue weighted by Gasteiger charge is 2.38. The fraction of sp³-hybridized carbons (Fsp3) is 0.556. The summed E-state index contributed by atoms with van der Waals surface area (Å²) in [6.07, 6.45) is 1.43. The van der Waals surface area contributed by atoms with E-state index < -0.39 is 24.0 Å². The van der Waals surface area contributed by atoms with E-state index >= 15 is 0 Å². The van der Waals surface area contributed by atoms with Gasteiger partial charge in [0.15, 0.2) is 0 Å². The number of rotatable bonds is 3. The van der Waals surface area contributed by atoms with Gasteiger partial charge in [-0.25, -0.2) is 4.79 Å². The van der Waals surface area contributed by atoms with Crippen LogP contribution in [0.2, 0.25) is 0 Å². The lowest BCUT2D eigenvalue weighted by Crippen LogP contribution is -2.45. The van der Waals surface area contributed by atoms with Gasteiger partial charge in [-0.05, 0) is 0 Å². The molecule has 2 unspecified atom stereocenters. The summed E-state index contributed by atoms with van der Waals surface area (Å²) in [5, 5.41) is 15.7. The molecule has 8 nitrogen and oxygen atoms in total. The second kappa shape index (κ2) is 5.27. The van der Waals surface area contributed by atoms with Gasteiger partial charge in [0.2, 0.25) is 0 Å². The third kappa shape index (κ3) is 2.57. The number of urea groups is 1. The smallest absolute Gasteiger partial charge is 0.322 e. The Bertz CT molecular complexity index is 438. The number of likely N-dealkylation sites (N-methyl/N-ethyl adjacent to an activating group) is 1. The van der Waals surface area contributed by atoms with Crippen LogP contribution in [0.25, 0.3) is 0 Å². The van der Waals surface area contributed by atoms with Crippen molar-refractivity contribution in [3.63, 3.8) is 0 Å². The van der Waals surface area contributed by atoms with Gasteiger partial charge in [-0.1, -0.05) is 4.49 Å². The van der Waals surface area contributed by atoms with Crippen molar-refractivity contribution in [2.45, 2.75) is 6.04 Å². The van der Waals surface area contributed by atoms with E-state index in [0.717, 1.165) is 11.5 Å². The first kappa shape index (κ1) is 12.7.